The fraction of sp³-hybridized carbons (Fsp3) is 0.300. The summed E-state index contributed by atoms with van der Waals surface area (Å²) in [5.74, 6) is 3.03. The van der Waals surface area contributed by atoms with Gasteiger partial charge in [0.05, 0.1) is 15.9 Å². The molecule has 0 bridgehead atoms. The van der Waals surface area contributed by atoms with Crippen LogP contribution in [0.5, 0.6) is 0 Å². The van der Waals surface area contributed by atoms with Gasteiger partial charge in [-0.2, -0.15) is 0 Å². The van der Waals surface area contributed by atoms with Crippen LogP contribution < -0.4 is 5.32 Å². The first kappa shape index (κ1) is 10.5. The molecular weight excluding hydrogens is 242 g/mol. The van der Waals surface area contributed by atoms with E-state index in [1.54, 1.807) is 0 Å². The Morgan fingerprint density at radius 2 is 1.85 bits per heavy atom. The lowest BCUT2D eigenvalue weighted by molar-refractivity contribution is 1.16. The largest absolute Gasteiger partial charge is 0.262 e. The van der Waals surface area contributed by atoms with Gasteiger partial charge >= 0.3 is 0 Å². The molecule has 0 spiro atoms. The first-order valence-corrected chi connectivity index (χ1v) is 5.93. The molecule has 0 aliphatic carbocycles. The van der Waals surface area contributed by atoms with Gasteiger partial charge < -0.3 is 0 Å². The third kappa shape index (κ3) is 2.01. The number of rotatable bonds is 0. The van der Waals surface area contributed by atoms with E-state index in [0.29, 0.717) is 0 Å². The number of pyridine rings is 1. The Balaban J connectivity index is 3.49. The van der Waals surface area contributed by atoms with Crippen LogP contribution in [0.4, 0.5) is 0 Å². The quantitative estimate of drug-likeness (QED) is 0.490. The van der Waals surface area contributed by atoms with Gasteiger partial charge in [0, 0.05) is 26.8 Å². The number of aromatic nitrogens is 1. The molecule has 0 fully saturated rings. The maximum absolute atomic E-state index is 4.49. The highest BCUT2D eigenvalue weighted by Crippen LogP contribution is 2.12. The van der Waals surface area contributed by atoms with E-state index in [0.717, 1.165) is 21.5 Å². The van der Waals surface area contributed by atoms with Crippen molar-refractivity contribution in [3.05, 3.63) is 22.4 Å². The molecule has 13 heavy (non-hydrogen) atoms. The fourth-order valence-electron chi connectivity index (χ4n) is 1.35. The van der Waals surface area contributed by atoms with Gasteiger partial charge in [-0.3, -0.25) is 4.98 Å². The zero-order valence-corrected chi connectivity index (χ0v) is 11.9. The predicted molar refractivity (Wildman–Crippen MR) is 63.8 cm³/mol. The maximum atomic E-state index is 4.49. The van der Waals surface area contributed by atoms with Crippen LogP contribution in [-0.4, -0.2) is 15.2 Å². The minimum Gasteiger partial charge on any atom is -0.262 e. The molecule has 0 aliphatic rings. The van der Waals surface area contributed by atoms with E-state index in [1.165, 1.54) is 16.4 Å². The summed E-state index contributed by atoms with van der Waals surface area (Å²) in [4.78, 5) is 7.24. The number of halogens is 1. The molecule has 1 aromatic rings. The molecule has 0 radical (unpaired) electrons. The number of hydrogen-bond donors (Lipinski definition) is 0. The van der Waals surface area contributed by atoms with E-state index in [9.17, 15) is 0 Å². The van der Waals surface area contributed by atoms with Gasteiger partial charge in [-0.25, -0.2) is 0 Å². The van der Waals surface area contributed by atoms with E-state index in [4.69, 9.17) is 0 Å². The van der Waals surface area contributed by atoms with Crippen molar-refractivity contribution in [2.24, 2.45) is 0 Å². The standard InChI is InChI=1S/C10H12BrNSi/c1-6-7(2)10(13)12-8(3)9(6)4-5-11/h1-3,13H3. The van der Waals surface area contributed by atoms with Crippen molar-refractivity contribution in [2.45, 2.75) is 20.8 Å². The van der Waals surface area contributed by atoms with Crippen molar-refractivity contribution in [1.82, 2.24) is 4.98 Å². The van der Waals surface area contributed by atoms with Crippen LogP contribution in [0.25, 0.3) is 0 Å². The minimum absolute atomic E-state index is 1.00. The van der Waals surface area contributed by atoms with Crippen LogP contribution in [0.15, 0.2) is 0 Å². The van der Waals surface area contributed by atoms with Gasteiger partial charge in [-0.05, 0) is 36.7 Å². The monoisotopic (exact) mass is 253 g/mol. The number of aryl methyl sites for hydroxylation is 1. The first-order chi connectivity index (χ1) is 6.07. The lowest BCUT2D eigenvalue weighted by atomic mass is 10.0. The Hall–Kier alpha value is -0.593. The van der Waals surface area contributed by atoms with E-state index in [2.05, 4.69) is 45.5 Å². The molecule has 0 N–H and O–H groups in total. The average Bonchev–Trinajstić information content (AvgIpc) is 2.09. The molecule has 0 unspecified atom stereocenters. The van der Waals surface area contributed by atoms with Gasteiger partial charge in [0.15, 0.2) is 0 Å². The summed E-state index contributed by atoms with van der Waals surface area (Å²) in [6, 6.07) is 0. The first-order valence-electron chi connectivity index (χ1n) is 4.14. The van der Waals surface area contributed by atoms with E-state index < -0.39 is 0 Å². The molecule has 3 heteroatoms. The van der Waals surface area contributed by atoms with Crippen LogP contribution >= 0.6 is 15.9 Å². The second-order valence-corrected chi connectivity index (χ2v) is 4.47. The molecule has 1 rings (SSSR count). The van der Waals surface area contributed by atoms with Gasteiger partial charge in [0.2, 0.25) is 0 Å². The lowest BCUT2D eigenvalue weighted by Gasteiger charge is -2.09. The van der Waals surface area contributed by atoms with Crippen molar-refractivity contribution >= 4 is 31.5 Å². The summed E-state index contributed by atoms with van der Waals surface area (Å²) >= 11 is 3.12. The van der Waals surface area contributed by atoms with E-state index >= 15 is 0 Å². The molecular formula is C10H12BrNSi. The fourth-order valence-corrected chi connectivity index (χ4v) is 2.26. The molecule has 0 aliphatic heterocycles. The van der Waals surface area contributed by atoms with Crippen LogP contribution in [0, 0.1) is 31.5 Å². The smallest absolute Gasteiger partial charge is 0.0626 e. The van der Waals surface area contributed by atoms with Crippen LogP contribution in [-0.2, 0) is 0 Å². The summed E-state index contributed by atoms with van der Waals surface area (Å²) in [5.41, 5.74) is 4.67. The normalized spacial score (nSPS) is 9.54. The highest BCUT2D eigenvalue weighted by Gasteiger charge is 2.06. The summed E-state index contributed by atoms with van der Waals surface area (Å²) in [7, 11) is 1.00. The van der Waals surface area contributed by atoms with Crippen LogP contribution in [0.3, 0.4) is 0 Å². The number of nitrogens with zero attached hydrogens (tertiary/aromatic N) is 1. The molecule has 0 amide bonds. The molecule has 0 saturated carbocycles. The van der Waals surface area contributed by atoms with Gasteiger partial charge in [0.25, 0.3) is 0 Å². The van der Waals surface area contributed by atoms with Crippen LogP contribution in [0.2, 0.25) is 0 Å². The van der Waals surface area contributed by atoms with Crippen LogP contribution in [0.1, 0.15) is 22.4 Å². The Kier molecular flexibility index (Phi) is 3.29. The van der Waals surface area contributed by atoms with Crippen molar-refractivity contribution in [1.29, 1.82) is 0 Å². The molecule has 68 valence electrons. The molecule has 0 aromatic carbocycles. The van der Waals surface area contributed by atoms with Crippen molar-refractivity contribution in [3.8, 4) is 10.8 Å². The summed E-state index contributed by atoms with van der Waals surface area (Å²) < 4.78 is 0. The Morgan fingerprint density at radius 1 is 1.23 bits per heavy atom. The second kappa shape index (κ2) is 4.08. The SMILES string of the molecule is Cc1nc([SiH3])c(C)c(C)c1C#CBr. The van der Waals surface area contributed by atoms with Gasteiger partial charge in [0.1, 0.15) is 0 Å². The zero-order chi connectivity index (χ0) is 10.0. The summed E-state index contributed by atoms with van der Waals surface area (Å²) in [5, 5.41) is 1.23. The van der Waals surface area contributed by atoms with Crippen molar-refractivity contribution in [2.75, 3.05) is 0 Å². The van der Waals surface area contributed by atoms with Crippen molar-refractivity contribution in [3.63, 3.8) is 0 Å². The predicted octanol–water partition coefficient (Wildman–Crippen LogP) is 0.701. The minimum atomic E-state index is 1.00. The maximum Gasteiger partial charge on any atom is 0.0626 e. The summed E-state index contributed by atoms with van der Waals surface area (Å²) in [6.45, 7) is 6.24. The third-order valence-corrected chi connectivity index (χ3v) is 3.52. The highest BCUT2D eigenvalue weighted by atomic mass is 79.9. The highest BCUT2D eigenvalue weighted by molar-refractivity contribution is 9.12. The number of hydrogen-bond acceptors (Lipinski definition) is 1. The van der Waals surface area contributed by atoms with E-state index in [1.807, 2.05) is 6.92 Å². The molecule has 0 saturated heterocycles. The molecule has 0 atom stereocenters. The van der Waals surface area contributed by atoms with E-state index in [-0.39, 0.29) is 0 Å². The molecule has 1 aromatic heterocycles. The average molecular weight is 254 g/mol. The topological polar surface area (TPSA) is 12.9 Å². The van der Waals surface area contributed by atoms with Crippen molar-refractivity contribution < 1.29 is 0 Å². The molecule has 1 nitrogen and oxygen atoms in total. The van der Waals surface area contributed by atoms with Gasteiger partial charge in [-0.15, -0.1) is 0 Å². The Labute approximate surface area is 90.5 Å². The Morgan fingerprint density at radius 3 is 2.38 bits per heavy atom. The second-order valence-electron chi connectivity index (χ2n) is 3.13. The molecule has 1 heterocycles. The lowest BCUT2D eigenvalue weighted by Crippen LogP contribution is -2.17. The Bertz CT molecular complexity index is 402. The van der Waals surface area contributed by atoms with Gasteiger partial charge in [-0.1, -0.05) is 5.92 Å². The summed E-state index contributed by atoms with van der Waals surface area (Å²) in [6.07, 6.45) is 0. The third-order valence-electron chi connectivity index (χ3n) is 2.35. The zero-order valence-electron chi connectivity index (χ0n) is 8.33.